The van der Waals surface area contributed by atoms with Gasteiger partial charge in [0.05, 0.1) is 11.0 Å². The van der Waals surface area contributed by atoms with Crippen LogP contribution in [0.1, 0.15) is 79.0 Å². The third-order valence-corrected chi connectivity index (χ3v) is 13.0. The molecule has 3 aromatic heterocycles. The molecule has 0 atom stereocenters. The number of fused-ring (bicyclic) bond motifs is 7. The average molecular weight is 1060 g/mol. The Morgan fingerprint density at radius 1 is 0.507 bits per heavy atom. The van der Waals surface area contributed by atoms with E-state index in [-0.39, 0.29) is 37.3 Å². The van der Waals surface area contributed by atoms with Gasteiger partial charge in [0.1, 0.15) is 17.2 Å². The molecule has 0 amide bonds. The van der Waals surface area contributed by atoms with Crippen LogP contribution in [0.5, 0.6) is 11.5 Å². The van der Waals surface area contributed by atoms with Gasteiger partial charge in [0.15, 0.2) is 0 Å². The van der Waals surface area contributed by atoms with Crippen LogP contribution in [0.4, 0.5) is 22.7 Å². The molecule has 0 aliphatic carbocycles. The summed E-state index contributed by atoms with van der Waals surface area (Å²) in [5.41, 5.74) is 12.8. The molecule has 0 bridgehead atoms. The van der Waals surface area contributed by atoms with Gasteiger partial charge in [0.2, 0.25) is 5.69 Å². The van der Waals surface area contributed by atoms with E-state index in [9.17, 15) is 0 Å². The van der Waals surface area contributed by atoms with Gasteiger partial charge in [0.25, 0.3) is 5.69 Å². The molecule has 1 aliphatic rings. The first-order valence-electron chi connectivity index (χ1n) is 22.9. The normalized spacial score (nSPS) is 13.0. The van der Waals surface area contributed by atoms with Crippen molar-refractivity contribution in [1.29, 1.82) is 0 Å². The van der Waals surface area contributed by atoms with Crippen molar-refractivity contribution in [3.05, 3.63) is 187 Å². The molecular weight excluding hydrogens is 1000 g/mol. The first-order chi connectivity index (χ1) is 31.6. The molecule has 67 heavy (non-hydrogen) atoms. The van der Waals surface area contributed by atoms with E-state index in [1.807, 2.05) is 24.4 Å². The maximum atomic E-state index is 6.72. The van der Waals surface area contributed by atoms with E-state index in [4.69, 9.17) is 9.72 Å². The second kappa shape index (κ2) is 16.2. The van der Waals surface area contributed by atoms with Gasteiger partial charge in [-0.15, -0.1) is 23.6 Å². The van der Waals surface area contributed by atoms with Crippen molar-refractivity contribution in [2.45, 2.75) is 78.6 Å². The van der Waals surface area contributed by atoms with Crippen molar-refractivity contribution in [3.63, 3.8) is 0 Å². The molecule has 6 nitrogen and oxygen atoms in total. The molecule has 0 unspecified atom stereocenters. The maximum absolute atomic E-state index is 6.72. The van der Waals surface area contributed by atoms with Crippen LogP contribution < -0.4 is 13.9 Å². The van der Waals surface area contributed by atoms with E-state index in [1.165, 1.54) is 27.5 Å². The van der Waals surface area contributed by atoms with Crippen molar-refractivity contribution >= 4 is 72.4 Å². The molecule has 1 aliphatic heterocycles. The minimum atomic E-state index is -0.0780. The summed E-state index contributed by atoms with van der Waals surface area (Å²) in [7, 11) is 0. The summed E-state index contributed by atoms with van der Waals surface area (Å²) >= 11 is 0. The van der Waals surface area contributed by atoms with Gasteiger partial charge in [-0.2, -0.15) is 12.1 Å². The van der Waals surface area contributed by atoms with Gasteiger partial charge in [-0.1, -0.05) is 151 Å². The zero-order valence-electron chi connectivity index (χ0n) is 39.5. The number of benzene rings is 7. The van der Waals surface area contributed by atoms with E-state index >= 15 is 0 Å². The first kappa shape index (κ1) is 44.0. The molecule has 4 heterocycles. The molecular formula is C60H53N5OPt+2. The zero-order chi connectivity index (χ0) is 45.7. The second-order valence-electron chi connectivity index (χ2n) is 20.6. The molecule has 0 saturated carbocycles. The van der Waals surface area contributed by atoms with E-state index in [1.54, 1.807) is 0 Å². The zero-order valence-corrected chi connectivity index (χ0v) is 41.7. The molecule has 0 saturated heterocycles. The predicted octanol–water partition coefficient (Wildman–Crippen LogP) is 15.4. The number of nitrogens with zero attached hydrogens (tertiary/aromatic N) is 5. The Morgan fingerprint density at radius 3 is 1.70 bits per heavy atom. The number of rotatable bonds is 6. The molecule has 0 fully saturated rings. The van der Waals surface area contributed by atoms with Crippen molar-refractivity contribution in [1.82, 2.24) is 23.3 Å². The fraction of sp³-hybridized carbons (Fsp3) is 0.200. The monoisotopic (exact) mass is 1050 g/mol. The van der Waals surface area contributed by atoms with Gasteiger partial charge in [0, 0.05) is 52.2 Å². The molecule has 332 valence electrons. The van der Waals surface area contributed by atoms with E-state index in [0.717, 1.165) is 67.1 Å². The van der Waals surface area contributed by atoms with Gasteiger partial charge in [-0.25, -0.2) is 4.98 Å². The predicted molar refractivity (Wildman–Crippen MR) is 274 cm³/mol. The standard InChI is InChI=1S/C60H53N5O.Pt/c1-58(2,3)39-30-31-61-56(35-39)65-52-25-15-12-22-48(52)49-29-28-45(37-55(49)65)66-44-19-16-18-42(36-44)62-38-63(43-33-40(59(4,5)6)32-41(34-43)60(7,8)9)57-53(62)26-17-27-54(57)64-50-23-13-10-20-46(50)47-21-11-14-24-51(47)64;/h10-35H,1-9H3;/q;+2. The Hall–Kier alpha value is -6.84. The van der Waals surface area contributed by atoms with Crippen molar-refractivity contribution in [3.8, 4) is 23.0 Å². The van der Waals surface area contributed by atoms with Crippen LogP contribution in [0.2, 0.25) is 0 Å². The molecule has 10 aromatic rings. The third-order valence-electron chi connectivity index (χ3n) is 13.0. The van der Waals surface area contributed by atoms with E-state index in [2.05, 4.69) is 232 Å². The molecule has 0 spiro atoms. The van der Waals surface area contributed by atoms with Gasteiger partial charge in [-0.05, 0) is 79.3 Å². The Morgan fingerprint density at radius 2 is 1.07 bits per heavy atom. The molecule has 0 radical (unpaired) electrons. The fourth-order valence-electron chi connectivity index (χ4n) is 9.40. The minimum Gasteiger partial charge on any atom is -0.509 e. The smallest absolute Gasteiger partial charge is 0.509 e. The number of aromatic nitrogens is 3. The summed E-state index contributed by atoms with van der Waals surface area (Å²) in [5.74, 6) is 2.01. The van der Waals surface area contributed by atoms with Gasteiger partial charge in [-0.3, -0.25) is 0 Å². The van der Waals surface area contributed by atoms with Crippen LogP contribution in [-0.4, -0.2) is 20.1 Å². The minimum absolute atomic E-state index is 0. The Labute approximate surface area is 407 Å². The summed E-state index contributed by atoms with van der Waals surface area (Å²) in [5, 5.41) is 4.65. The summed E-state index contributed by atoms with van der Waals surface area (Å²) in [6.45, 7) is 20.4. The van der Waals surface area contributed by atoms with Crippen LogP contribution in [0, 0.1) is 12.1 Å². The Kier molecular flexibility index (Phi) is 10.6. The third kappa shape index (κ3) is 7.63. The van der Waals surface area contributed by atoms with Gasteiger partial charge >= 0.3 is 32.8 Å². The number of pyridine rings is 1. The average Bonchev–Trinajstić information content (AvgIpc) is 3.96. The number of para-hydroxylation sites is 4. The molecule has 11 rings (SSSR count). The van der Waals surface area contributed by atoms with Crippen LogP contribution >= 0.6 is 0 Å². The van der Waals surface area contributed by atoms with Crippen LogP contribution in [0.15, 0.2) is 158 Å². The Bertz CT molecular complexity index is 3590. The summed E-state index contributed by atoms with van der Waals surface area (Å²) in [4.78, 5) is 4.87. The molecule has 7 heteroatoms. The fourth-order valence-corrected chi connectivity index (χ4v) is 9.40. The van der Waals surface area contributed by atoms with Crippen LogP contribution in [0.3, 0.4) is 0 Å². The molecule has 7 aromatic carbocycles. The second-order valence-corrected chi connectivity index (χ2v) is 20.6. The van der Waals surface area contributed by atoms with Gasteiger partial charge < -0.3 is 13.9 Å². The topological polar surface area (TPSA) is 38.0 Å². The van der Waals surface area contributed by atoms with Crippen molar-refractivity contribution < 1.29 is 25.8 Å². The number of hydrogen-bond donors (Lipinski definition) is 0. The Balaban J connectivity index is 0.00000525. The number of ether oxygens (including phenoxy) is 1. The van der Waals surface area contributed by atoms with Crippen molar-refractivity contribution in [2.75, 3.05) is 0 Å². The maximum Gasteiger partial charge on any atom is 2.00 e. The summed E-state index contributed by atoms with van der Waals surface area (Å²) in [6.07, 6.45) is 1.90. The largest absolute Gasteiger partial charge is 2.00 e. The first-order valence-corrected chi connectivity index (χ1v) is 22.9. The summed E-state index contributed by atoms with van der Waals surface area (Å²) in [6, 6.07) is 65.1. The number of hydrogen-bond acceptors (Lipinski definition) is 2. The quantitative estimate of drug-likeness (QED) is 0.123. The van der Waals surface area contributed by atoms with Crippen LogP contribution in [-0.2, 0) is 37.3 Å². The van der Waals surface area contributed by atoms with Crippen LogP contribution in [0.25, 0.3) is 55.1 Å². The molecule has 0 N–H and O–H groups in total. The summed E-state index contributed by atoms with van der Waals surface area (Å²) < 4.78 is 15.7. The van der Waals surface area contributed by atoms with E-state index in [0.29, 0.717) is 11.5 Å². The van der Waals surface area contributed by atoms with E-state index < -0.39 is 0 Å². The SMILES string of the molecule is CC(C)(C)c1cc([N+]2=C=[N+](c3[c-]c(Oc4[c-]c5c(cc4)c4ccccc4n5-c4cc(C(C)(C)C)ccn4)ccc3)c3cccc(-n4c5ccccc5c5ccccc54)c32)cc(C(C)(C)C)c1.[Pt+2]. The van der Waals surface area contributed by atoms with Crippen molar-refractivity contribution in [2.24, 2.45) is 0 Å².